The molecule has 0 atom stereocenters. The van der Waals surface area contributed by atoms with Crippen LogP contribution in [0.5, 0.6) is 0 Å². The van der Waals surface area contributed by atoms with Crippen LogP contribution in [0.1, 0.15) is 47.5 Å². The first-order valence-corrected chi connectivity index (χ1v) is 8.97. The van der Waals surface area contributed by atoms with Crippen LogP contribution >= 0.6 is 0 Å². The third-order valence-corrected chi connectivity index (χ3v) is 3.31. The van der Waals surface area contributed by atoms with Crippen molar-refractivity contribution in [2.45, 2.75) is 59.1 Å². The molecule has 2 N–H and O–H groups in total. The first-order chi connectivity index (χ1) is 11.4. The molecule has 0 aromatic heterocycles. The van der Waals surface area contributed by atoms with E-state index in [1.54, 1.807) is 0 Å². The third kappa shape index (κ3) is 8.96. The van der Waals surface area contributed by atoms with Crippen molar-refractivity contribution in [1.29, 1.82) is 0 Å². The van der Waals surface area contributed by atoms with Gasteiger partial charge in [-0.3, -0.25) is 4.99 Å². The molecule has 7 heteroatoms. The number of amides is 1. The van der Waals surface area contributed by atoms with E-state index in [9.17, 15) is 4.79 Å². The SMILES string of the molecule is CCNC(=NCCOCC)NCCN(C(=O)OC(C)(C)C)C1CC1. The fraction of sp³-hybridized carbons (Fsp3) is 0.882. The van der Waals surface area contributed by atoms with E-state index in [0.717, 1.165) is 25.3 Å². The maximum atomic E-state index is 12.3. The van der Waals surface area contributed by atoms with E-state index in [-0.39, 0.29) is 6.09 Å². The van der Waals surface area contributed by atoms with Gasteiger partial charge in [-0.05, 0) is 47.5 Å². The quantitative estimate of drug-likeness (QED) is 0.381. The van der Waals surface area contributed by atoms with E-state index >= 15 is 0 Å². The molecule has 1 aliphatic carbocycles. The summed E-state index contributed by atoms with van der Waals surface area (Å²) in [5, 5.41) is 6.46. The van der Waals surface area contributed by atoms with Crippen LogP contribution in [-0.2, 0) is 9.47 Å². The van der Waals surface area contributed by atoms with Gasteiger partial charge in [0.15, 0.2) is 5.96 Å². The summed E-state index contributed by atoms with van der Waals surface area (Å²) in [5.74, 6) is 0.747. The van der Waals surface area contributed by atoms with Crippen molar-refractivity contribution in [1.82, 2.24) is 15.5 Å². The van der Waals surface area contributed by atoms with Gasteiger partial charge in [0, 0.05) is 32.3 Å². The van der Waals surface area contributed by atoms with Crippen LogP contribution in [0.2, 0.25) is 0 Å². The maximum Gasteiger partial charge on any atom is 0.410 e. The average Bonchev–Trinajstić information content (AvgIpc) is 3.30. The molecule has 0 spiro atoms. The molecular formula is C17H34N4O3. The first kappa shape index (κ1) is 20.5. The summed E-state index contributed by atoms with van der Waals surface area (Å²) in [5.41, 5.74) is -0.465. The van der Waals surface area contributed by atoms with Crippen LogP contribution in [0.3, 0.4) is 0 Å². The van der Waals surface area contributed by atoms with E-state index < -0.39 is 5.60 Å². The molecule has 0 heterocycles. The molecule has 1 amide bonds. The first-order valence-electron chi connectivity index (χ1n) is 8.97. The Balaban J connectivity index is 2.43. The Morgan fingerprint density at radius 2 is 1.96 bits per heavy atom. The molecule has 0 saturated heterocycles. The summed E-state index contributed by atoms with van der Waals surface area (Å²) in [6, 6.07) is 0.319. The Morgan fingerprint density at radius 1 is 1.25 bits per heavy atom. The molecule has 0 radical (unpaired) electrons. The van der Waals surface area contributed by atoms with E-state index in [4.69, 9.17) is 9.47 Å². The molecule has 140 valence electrons. The molecule has 24 heavy (non-hydrogen) atoms. The van der Waals surface area contributed by atoms with Crippen LogP contribution in [0, 0.1) is 0 Å². The molecule has 0 bridgehead atoms. The molecule has 0 unspecified atom stereocenters. The summed E-state index contributed by atoms with van der Waals surface area (Å²) < 4.78 is 10.8. The van der Waals surface area contributed by atoms with E-state index in [1.165, 1.54) is 0 Å². The summed E-state index contributed by atoms with van der Waals surface area (Å²) in [7, 11) is 0. The molecule has 1 saturated carbocycles. The number of rotatable bonds is 9. The maximum absolute atomic E-state index is 12.3. The van der Waals surface area contributed by atoms with Crippen molar-refractivity contribution >= 4 is 12.1 Å². The number of ether oxygens (including phenoxy) is 2. The van der Waals surface area contributed by atoms with Crippen molar-refractivity contribution in [2.24, 2.45) is 4.99 Å². The molecule has 0 aromatic rings. The highest BCUT2D eigenvalue weighted by atomic mass is 16.6. The van der Waals surface area contributed by atoms with Crippen molar-refractivity contribution in [3.05, 3.63) is 0 Å². The lowest BCUT2D eigenvalue weighted by Gasteiger charge is -2.27. The van der Waals surface area contributed by atoms with Crippen LogP contribution in [0.25, 0.3) is 0 Å². The van der Waals surface area contributed by atoms with E-state index in [2.05, 4.69) is 15.6 Å². The number of hydrogen-bond acceptors (Lipinski definition) is 4. The van der Waals surface area contributed by atoms with Crippen molar-refractivity contribution < 1.29 is 14.3 Å². The topological polar surface area (TPSA) is 75.2 Å². The van der Waals surface area contributed by atoms with Gasteiger partial charge in [-0.15, -0.1) is 0 Å². The normalized spacial score (nSPS) is 15.1. The van der Waals surface area contributed by atoms with Gasteiger partial charge >= 0.3 is 6.09 Å². The molecule has 0 aromatic carbocycles. The third-order valence-electron chi connectivity index (χ3n) is 3.31. The summed E-state index contributed by atoms with van der Waals surface area (Å²) >= 11 is 0. The Hall–Kier alpha value is -1.50. The zero-order valence-corrected chi connectivity index (χ0v) is 15.9. The van der Waals surface area contributed by atoms with Gasteiger partial charge in [-0.2, -0.15) is 0 Å². The highest BCUT2D eigenvalue weighted by Gasteiger charge is 2.34. The molecule has 0 aliphatic heterocycles. The lowest BCUT2D eigenvalue weighted by atomic mass is 10.2. The number of aliphatic imine (C=N–C) groups is 1. The van der Waals surface area contributed by atoms with Crippen molar-refractivity contribution in [3.8, 4) is 0 Å². The van der Waals surface area contributed by atoms with Crippen LogP contribution < -0.4 is 10.6 Å². The zero-order chi connectivity index (χ0) is 18.0. The molecule has 1 fully saturated rings. The Labute approximate surface area is 146 Å². The number of nitrogens with one attached hydrogen (secondary N) is 2. The van der Waals surface area contributed by atoms with Gasteiger partial charge in [0.1, 0.15) is 5.60 Å². The summed E-state index contributed by atoms with van der Waals surface area (Å²) in [6.45, 7) is 13.6. The summed E-state index contributed by atoms with van der Waals surface area (Å²) in [4.78, 5) is 18.6. The Bertz CT molecular complexity index is 403. The fourth-order valence-electron chi connectivity index (χ4n) is 2.13. The minimum Gasteiger partial charge on any atom is -0.444 e. The van der Waals surface area contributed by atoms with Crippen molar-refractivity contribution in [2.75, 3.05) is 39.4 Å². The van der Waals surface area contributed by atoms with Crippen LogP contribution in [0.15, 0.2) is 4.99 Å². The predicted molar refractivity (Wildman–Crippen MR) is 96.4 cm³/mol. The number of guanidine groups is 1. The number of carbonyl (C=O) groups is 1. The van der Waals surface area contributed by atoms with Crippen LogP contribution in [-0.4, -0.2) is 68.0 Å². The standard InChI is InChI=1S/C17H34N4O3/c1-6-18-15(20-11-13-23-7-2)19-10-12-21(14-8-9-14)16(22)24-17(3,4)5/h14H,6-13H2,1-5H3,(H2,18,19,20). The van der Waals surface area contributed by atoms with Gasteiger partial charge in [-0.1, -0.05) is 0 Å². The number of hydrogen-bond donors (Lipinski definition) is 2. The van der Waals surface area contributed by atoms with Crippen LogP contribution in [0.4, 0.5) is 4.79 Å². The van der Waals surface area contributed by atoms with Gasteiger partial charge < -0.3 is 25.0 Å². The lowest BCUT2D eigenvalue weighted by Crippen LogP contribution is -2.45. The second-order valence-electron chi connectivity index (χ2n) is 6.79. The van der Waals surface area contributed by atoms with E-state index in [1.807, 2.05) is 39.5 Å². The zero-order valence-electron chi connectivity index (χ0n) is 15.9. The predicted octanol–water partition coefficient (Wildman–Crippen LogP) is 1.98. The highest BCUT2D eigenvalue weighted by Crippen LogP contribution is 2.27. The number of nitrogens with zero attached hydrogens (tertiary/aromatic N) is 2. The molecule has 7 nitrogen and oxygen atoms in total. The largest absolute Gasteiger partial charge is 0.444 e. The minimum atomic E-state index is -0.465. The average molecular weight is 342 g/mol. The van der Waals surface area contributed by atoms with Crippen molar-refractivity contribution in [3.63, 3.8) is 0 Å². The Morgan fingerprint density at radius 3 is 2.50 bits per heavy atom. The molecular weight excluding hydrogens is 308 g/mol. The number of carbonyl (C=O) groups excluding carboxylic acids is 1. The highest BCUT2D eigenvalue weighted by molar-refractivity contribution is 5.79. The fourth-order valence-corrected chi connectivity index (χ4v) is 2.13. The van der Waals surface area contributed by atoms with Gasteiger partial charge in [0.2, 0.25) is 0 Å². The van der Waals surface area contributed by atoms with Gasteiger partial charge in [0.25, 0.3) is 0 Å². The molecule has 1 aliphatic rings. The molecule has 1 rings (SSSR count). The van der Waals surface area contributed by atoms with E-state index in [0.29, 0.717) is 38.9 Å². The van der Waals surface area contributed by atoms with Gasteiger partial charge in [0.05, 0.1) is 13.2 Å². The Kier molecular flexibility index (Phi) is 8.89. The minimum absolute atomic E-state index is 0.231. The second-order valence-corrected chi connectivity index (χ2v) is 6.79. The smallest absolute Gasteiger partial charge is 0.410 e. The monoisotopic (exact) mass is 342 g/mol. The van der Waals surface area contributed by atoms with Gasteiger partial charge in [-0.25, -0.2) is 4.79 Å². The second kappa shape index (κ2) is 10.4. The summed E-state index contributed by atoms with van der Waals surface area (Å²) in [6.07, 6.45) is 1.88. The lowest BCUT2D eigenvalue weighted by molar-refractivity contribution is 0.0238.